The van der Waals surface area contributed by atoms with E-state index in [1.165, 1.54) is 25.7 Å². The third kappa shape index (κ3) is 2.75. The van der Waals surface area contributed by atoms with Gasteiger partial charge in [0.05, 0.1) is 12.3 Å². The summed E-state index contributed by atoms with van der Waals surface area (Å²) in [6, 6.07) is 2.63. The number of nitrogens with zero attached hydrogens (tertiary/aromatic N) is 4. The van der Waals surface area contributed by atoms with E-state index in [0.29, 0.717) is 18.5 Å². The molecule has 1 aliphatic rings. The van der Waals surface area contributed by atoms with E-state index in [1.807, 2.05) is 10.7 Å². The van der Waals surface area contributed by atoms with E-state index >= 15 is 0 Å². The van der Waals surface area contributed by atoms with Gasteiger partial charge in [-0.15, -0.1) is 0 Å². The summed E-state index contributed by atoms with van der Waals surface area (Å²) in [6.45, 7) is 5.10. The van der Waals surface area contributed by atoms with Gasteiger partial charge in [-0.1, -0.05) is 26.7 Å². The van der Waals surface area contributed by atoms with Crippen LogP contribution in [0.2, 0.25) is 0 Å². The number of fused-ring (bicyclic) bond motifs is 1. The Morgan fingerprint density at radius 3 is 2.81 bits per heavy atom. The van der Waals surface area contributed by atoms with E-state index in [9.17, 15) is 5.11 Å². The molecule has 2 aromatic rings. The lowest BCUT2D eigenvalue weighted by molar-refractivity contribution is 0.297. The zero-order valence-electron chi connectivity index (χ0n) is 12.9. The first-order valence-corrected chi connectivity index (χ1v) is 7.92. The van der Waals surface area contributed by atoms with E-state index in [2.05, 4.69) is 34.9 Å². The Labute approximate surface area is 125 Å². The second-order valence-corrected chi connectivity index (χ2v) is 6.16. The van der Waals surface area contributed by atoms with Gasteiger partial charge >= 0.3 is 0 Å². The number of aromatic nitrogens is 3. The van der Waals surface area contributed by atoms with Crippen LogP contribution in [-0.2, 0) is 0 Å². The van der Waals surface area contributed by atoms with Gasteiger partial charge in [-0.2, -0.15) is 5.10 Å². The van der Waals surface area contributed by atoms with Crippen LogP contribution in [0.5, 0.6) is 0 Å². The fraction of sp³-hybridized carbons (Fsp3) is 0.625. The van der Waals surface area contributed by atoms with Gasteiger partial charge in [-0.3, -0.25) is 0 Å². The number of hydrogen-bond acceptors (Lipinski definition) is 4. The van der Waals surface area contributed by atoms with Crippen LogP contribution in [0.3, 0.4) is 0 Å². The standard InChI is InChI=1S/C16H24N4O/c1-12(2)14-11-15-16(17-7-8-20(15)18-14)19(9-10-21)13-5-3-4-6-13/h7-8,11-13,21H,3-6,9-10H2,1-2H3. The van der Waals surface area contributed by atoms with Gasteiger partial charge < -0.3 is 10.0 Å². The predicted octanol–water partition coefficient (Wildman–Crippen LogP) is 2.59. The molecule has 0 aliphatic heterocycles. The molecule has 0 radical (unpaired) electrons. The SMILES string of the molecule is CC(C)c1cc2c(N(CCO)C3CCCC3)nccn2n1. The zero-order valence-corrected chi connectivity index (χ0v) is 12.9. The molecule has 1 fully saturated rings. The number of hydrogen-bond donors (Lipinski definition) is 1. The molecule has 5 heteroatoms. The molecule has 114 valence electrons. The third-order valence-corrected chi connectivity index (χ3v) is 4.36. The van der Waals surface area contributed by atoms with Crippen molar-refractivity contribution in [2.75, 3.05) is 18.1 Å². The van der Waals surface area contributed by atoms with Crippen LogP contribution in [0, 0.1) is 0 Å². The first-order valence-electron chi connectivity index (χ1n) is 7.92. The topological polar surface area (TPSA) is 53.7 Å². The summed E-state index contributed by atoms with van der Waals surface area (Å²) in [4.78, 5) is 6.87. The van der Waals surface area contributed by atoms with Crippen LogP contribution >= 0.6 is 0 Å². The highest BCUT2D eigenvalue weighted by Crippen LogP contribution is 2.30. The van der Waals surface area contributed by atoms with Crippen LogP contribution < -0.4 is 4.90 Å². The molecule has 21 heavy (non-hydrogen) atoms. The van der Waals surface area contributed by atoms with Crippen molar-refractivity contribution in [3.63, 3.8) is 0 Å². The van der Waals surface area contributed by atoms with Crippen LogP contribution in [0.1, 0.15) is 51.1 Å². The normalized spacial score (nSPS) is 16.2. The van der Waals surface area contributed by atoms with E-state index in [-0.39, 0.29) is 6.61 Å². The van der Waals surface area contributed by atoms with Crippen LogP contribution in [0.4, 0.5) is 5.82 Å². The number of rotatable bonds is 5. The lowest BCUT2D eigenvalue weighted by Gasteiger charge is -2.29. The summed E-state index contributed by atoms with van der Waals surface area (Å²) in [7, 11) is 0. The molecule has 0 spiro atoms. The molecule has 2 aromatic heterocycles. The molecule has 1 aliphatic carbocycles. The Morgan fingerprint density at radius 1 is 1.38 bits per heavy atom. The maximum atomic E-state index is 9.43. The Hall–Kier alpha value is -1.62. The molecule has 2 heterocycles. The van der Waals surface area contributed by atoms with Crippen molar-refractivity contribution in [1.29, 1.82) is 0 Å². The number of anilines is 1. The molecule has 0 amide bonds. The maximum absolute atomic E-state index is 9.43. The Kier molecular flexibility index (Phi) is 4.10. The van der Waals surface area contributed by atoms with Crippen LogP contribution in [0.25, 0.3) is 5.52 Å². The van der Waals surface area contributed by atoms with Crippen LogP contribution in [0.15, 0.2) is 18.5 Å². The largest absolute Gasteiger partial charge is 0.395 e. The number of aliphatic hydroxyl groups is 1. The van der Waals surface area contributed by atoms with E-state index in [4.69, 9.17) is 0 Å². The van der Waals surface area contributed by atoms with Crippen molar-refractivity contribution in [3.8, 4) is 0 Å². The smallest absolute Gasteiger partial charge is 0.155 e. The lowest BCUT2D eigenvalue weighted by Crippen LogP contribution is -2.36. The second-order valence-electron chi connectivity index (χ2n) is 6.16. The average Bonchev–Trinajstić information content (AvgIpc) is 3.13. The van der Waals surface area contributed by atoms with E-state index in [0.717, 1.165) is 17.0 Å². The summed E-state index contributed by atoms with van der Waals surface area (Å²) in [5.41, 5.74) is 2.13. The number of aliphatic hydroxyl groups excluding tert-OH is 1. The van der Waals surface area contributed by atoms with Crippen molar-refractivity contribution in [2.45, 2.75) is 51.5 Å². The minimum Gasteiger partial charge on any atom is -0.395 e. The van der Waals surface area contributed by atoms with Gasteiger partial charge in [0.15, 0.2) is 5.82 Å². The molecule has 0 aromatic carbocycles. The van der Waals surface area contributed by atoms with Gasteiger partial charge in [-0.05, 0) is 24.8 Å². The van der Waals surface area contributed by atoms with Crippen molar-refractivity contribution in [3.05, 3.63) is 24.2 Å². The Balaban J connectivity index is 2.03. The Morgan fingerprint density at radius 2 is 2.14 bits per heavy atom. The van der Waals surface area contributed by atoms with Gasteiger partial charge in [0.2, 0.25) is 0 Å². The van der Waals surface area contributed by atoms with Crippen LogP contribution in [-0.4, -0.2) is 38.9 Å². The van der Waals surface area contributed by atoms with Gasteiger partial charge in [0.25, 0.3) is 0 Å². The fourth-order valence-electron chi connectivity index (χ4n) is 3.22. The van der Waals surface area contributed by atoms with Crippen molar-refractivity contribution in [1.82, 2.24) is 14.6 Å². The quantitative estimate of drug-likeness (QED) is 0.919. The first-order chi connectivity index (χ1) is 10.2. The minimum absolute atomic E-state index is 0.157. The minimum atomic E-state index is 0.157. The average molecular weight is 288 g/mol. The lowest BCUT2D eigenvalue weighted by atomic mass is 10.1. The molecule has 3 rings (SSSR count). The van der Waals surface area contributed by atoms with Crippen molar-refractivity contribution >= 4 is 11.3 Å². The molecule has 0 atom stereocenters. The first kappa shape index (κ1) is 14.3. The molecule has 1 saturated carbocycles. The monoisotopic (exact) mass is 288 g/mol. The summed E-state index contributed by atoms with van der Waals surface area (Å²) in [5.74, 6) is 1.35. The highest BCUT2D eigenvalue weighted by Gasteiger charge is 2.25. The molecule has 0 unspecified atom stereocenters. The maximum Gasteiger partial charge on any atom is 0.155 e. The predicted molar refractivity (Wildman–Crippen MR) is 83.8 cm³/mol. The summed E-state index contributed by atoms with van der Waals surface area (Å²) in [6.07, 6.45) is 8.62. The van der Waals surface area contributed by atoms with Gasteiger partial charge in [0.1, 0.15) is 5.52 Å². The third-order valence-electron chi connectivity index (χ3n) is 4.36. The fourth-order valence-corrected chi connectivity index (χ4v) is 3.22. The van der Waals surface area contributed by atoms with Crippen molar-refractivity contribution < 1.29 is 5.11 Å². The molecular weight excluding hydrogens is 264 g/mol. The highest BCUT2D eigenvalue weighted by atomic mass is 16.3. The Bertz CT molecular complexity index is 601. The van der Waals surface area contributed by atoms with Crippen molar-refractivity contribution in [2.24, 2.45) is 0 Å². The summed E-state index contributed by atoms with van der Waals surface area (Å²) in [5, 5.41) is 14.1. The molecule has 5 nitrogen and oxygen atoms in total. The van der Waals surface area contributed by atoms with E-state index in [1.54, 1.807) is 6.20 Å². The summed E-state index contributed by atoms with van der Waals surface area (Å²) < 4.78 is 1.91. The summed E-state index contributed by atoms with van der Waals surface area (Å²) >= 11 is 0. The second kappa shape index (κ2) is 6.02. The molecule has 0 saturated heterocycles. The molecule has 0 bridgehead atoms. The highest BCUT2D eigenvalue weighted by molar-refractivity contribution is 5.69. The van der Waals surface area contributed by atoms with Gasteiger partial charge in [-0.25, -0.2) is 9.50 Å². The molecular formula is C16H24N4O. The molecule has 1 N–H and O–H groups in total. The van der Waals surface area contributed by atoms with E-state index < -0.39 is 0 Å². The van der Waals surface area contributed by atoms with Gasteiger partial charge in [0, 0.05) is 25.0 Å². The zero-order chi connectivity index (χ0) is 14.8.